The zero-order chi connectivity index (χ0) is 21.8. The maximum Gasteiger partial charge on any atom is 0.331 e. The number of carbonyl (C=O) groups excluding carboxylic acids is 3. The standard InChI is InChI=1S/C20H20Cl2N4O4/c1-12-14(6-7-19(28)30-11-18(27)25-9-8-23-20(25)29)13(2)26(24-12)10-15-16(21)4-3-5-17(15)22/h3-7H,8-11H2,1-2H3,(H,23,29)/b7-6+. The number of aromatic nitrogens is 2. The van der Waals surface area contributed by atoms with Crippen LogP contribution in [0.3, 0.4) is 0 Å². The van der Waals surface area contributed by atoms with E-state index in [0.717, 1.165) is 21.7 Å². The molecule has 0 bridgehead atoms. The zero-order valence-corrected chi connectivity index (χ0v) is 18.0. The van der Waals surface area contributed by atoms with Gasteiger partial charge in [-0.1, -0.05) is 29.3 Å². The highest BCUT2D eigenvalue weighted by molar-refractivity contribution is 6.35. The number of urea groups is 1. The Morgan fingerprint density at radius 1 is 1.27 bits per heavy atom. The third-order valence-electron chi connectivity index (χ3n) is 4.69. The summed E-state index contributed by atoms with van der Waals surface area (Å²) in [5.74, 6) is -1.26. The highest BCUT2D eigenvalue weighted by Gasteiger charge is 2.26. The number of nitrogens with one attached hydrogen (secondary N) is 1. The van der Waals surface area contributed by atoms with Crippen molar-refractivity contribution < 1.29 is 19.1 Å². The average molecular weight is 451 g/mol. The molecule has 1 aromatic heterocycles. The third-order valence-corrected chi connectivity index (χ3v) is 5.40. The maximum absolute atomic E-state index is 12.0. The number of benzene rings is 1. The first-order valence-corrected chi connectivity index (χ1v) is 9.93. The summed E-state index contributed by atoms with van der Waals surface area (Å²) in [4.78, 5) is 36.3. The Bertz CT molecular complexity index is 1010. The molecule has 3 amide bonds. The normalized spacial score (nSPS) is 13.7. The number of ether oxygens (including phenoxy) is 1. The molecule has 0 aliphatic carbocycles. The van der Waals surface area contributed by atoms with Crippen molar-refractivity contribution in [3.8, 4) is 0 Å². The van der Waals surface area contributed by atoms with Crippen molar-refractivity contribution in [2.45, 2.75) is 20.4 Å². The lowest BCUT2D eigenvalue weighted by Gasteiger charge is -2.11. The van der Waals surface area contributed by atoms with Crippen LogP contribution in [0.15, 0.2) is 24.3 Å². The van der Waals surface area contributed by atoms with Gasteiger partial charge in [0.05, 0.1) is 12.2 Å². The molecule has 2 heterocycles. The summed E-state index contributed by atoms with van der Waals surface area (Å²) < 4.78 is 6.69. The Balaban J connectivity index is 1.65. The van der Waals surface area contributed by atoms with E-state index in [1.54, 1.807) is 29.0 Å². The minimum atomic E-state index is -0.691. The second-order valence-electron chi connectivity index (χ2n) is 6.66. The molecule has 0 spiro atoms. The molecular weight excluding hydrogens is 431 g/mol. The smallest absolute Gasteiger partial charge is 0.331 e. The van der Waals surface area contributed by atoms with E-state index in [9.17, 15) is 14.4 Å². The molecule has 10 heteroatoms. The van der Waals surface area contributed by atoms with Gasteiger partial charge in [-0.25, -0.2) is 9.59 Å². The molecule has 1 N–H and O–H groups in total. The van der Waals surface area contributed by atoms with Crippen molar-refractivity contribution in [2.24, 2.45) is 0 Å². The summed E-state index contributed by atoms with van der Waals surface area (Å²) in [6.07, 6.45) is 2.80. The highest BCUT2D eigenvalue weighted by atomic mass is 35.5. The van der Waals surface area contributed by atoms with Crippen LogP contribution in [0.5, 0.6) is 0 Å². The summed E-state index contributed by atoms with van der Waals surface area (Å²) in [6.45, 7) is 4.22. The van der Waals surface area contributed by atoms with Gasteiger partial charge in [0, 0.05) is 46.0 Å². The number of hydrogen-bond acceptors (Lipinski definition) is 5. The van der Waals surface area contributed by atoms with E-state index in [2.05, 4.69) is 10.4 Å². The first kappa shape index (κ1) is 21.9. The first-order chi connectivity index (χ1) is 14.3. The van der Waals surface area contributed by atoms with Crippen LogP contribution in [0.25, 0.3) is 6.08 Å². The first-order valence-electron chi connectivity index (χ1n) is 9.18. The predicted octanol–water partition coefficient (Wildman–Crippen LogP) is 2.96. The Morgan fingerprint density at radius 3 is 2.60 bits per heavy atom. The molecule has 0 atom stereocenters. The number of imide groups is 1. The largest absolute Gasteiger partial charge is 0.452 e. The molecular formula is C20H20Cl2N4O4. The average Bonchev–Trinajstić information content (AvgIpc) is 3.24. The monoisotopic (exact) mass is 450 g/mol. The summed E-state index contributed by atoms with van der Waals surface area (Å²) in [5.41, 5.74) is 3.04. The fourth-order valence-corrected chi connectivity index (χ4v) is 3.58. The second-order valence-corrected chi connectivity index (χ2v) is 7.48. The number of amides is 3. The van der Waals surface area contributed by atoms with E-state index in [1.807, 2.05) is 13.8 Å². The van der Waals surface area contributed by atoms with Crippen LogP contribution in [-0.4, -0.2) is 52.3 Å². The van der Waals surface area contributed by atoms with Gasteiger partial charge in [-0.2, -0.15) is 5.10 Å². The molecule has 1 fully saturated rings. The van der Waals surface area contributed by atoms with Crippen molar-refractivity contribution >= 4 is 47.2 Å². The molecule has 0 unspecified atom stereocenters. The van der Waals surface area contributed by atoms with Gasteiger partial charge in [0.15, 0.2) is 6.61 Å². The summed E-state index contributed by atoms with van der Waals surface area (Å²) >= 11 is 12.5. The van der Waals surface area contributed by atoms with Crippen molar-refractivity contribution in [1.29, 1.82) is 0 Å². The van der Waals surface area contributed by atoms with Gasteiger partial charge in [-0.3, -0.25) is 14.4 Å². The number of rotatable bonds is 6. The predicted molar refractivity (Wildman–Crippen MR) is 112 cm³/mol. The fraction of sp³-hybridized carbons (Fsp3) is 0.300. The summed E-state index contributed by atoms with van der Waals surface area (Å²) in [6, 6.07) is 4.82. The van der Waals surface area contributed by atoms with Gasteiger partial charge in [-0.05, 0) is 32.1 Å². The molecule has 8 nitrogen and oxygen atoms in total. The van der Waals surface area contributed by atoms with Crippen molar-refractivity contribution in [3.63, 3.8) is 0 Å². The third kappa shape index (κ3) is 4.83. The molecule has 3 rings (SSSR count). The fourth-order valence-electron chi connectivity index (χ4n) is 3.06. The van der Waals surface area contributed by atoms with Crippen LogP contribution in [-0.2, 0) is 20.9 Å². The molecule has 0 radical (unpaired) electrons. The Morgan fingerprint density at radius 2 is 1.97 bits per heavy atom. The number of nitrogens with zero attached hydrogens (tertiary/aromatic N) is 3. The highest BCUT2D eigenvalue weighted by Crippen LogP contribution is 2.26. The van der Waals surface area contributed by atoms with Gasteiger partial charge in [0.1, 0.15) is 0 Å². The molecule has 30 heavy (non-hydrogen) atoms. The van der Waals surface area contributed by atoms with Crippen LogP contribution in [0.4, 0.5) is 4.79 Å². The Labute approximate surface area is 183 Å². The van der Waals surface area contributed by atoms with E-state index < -0.39 is 24.5 Å². The van der Waals surface area contributed by atoms with E-state index in [0.29, 0.717) is 28.8 Å². The lowest BCUT2D eigenvalue weighted by Crippen LogP contribution is -2.37. The number of aryl methyl sites for hydroxylation is 1. The van der Waals surface area contributed by atoms with Crippen molar-refractivity contribution in [1.82, 2.24) is 20.0 Å². The number of esters is 1. The SMILES string of the molecule is Cc1nn(Cc2c(Cl)cccc2Cl)c(C)c1/C=C/C(=O)OCC(=O)N1CCNC1=O. The minimum Gasteiger partial charge on any atom is -0.452 e. The maximum atomic E-state index is 12.0. The van der Waals surface area contributed by atoms with Crippen LogP contribution in [0.2, 0.25) is 10.0 Å². The molecule has 1 saturated heterocycles. The molecule has 1 aliphatic heterocycles. The quantitative estimate of drug-likeness (QED) is 0.539. The topological polar surface area (TPSA) is 93.5 Å². The van der Waals surface area contributed by atoms with Crippen molar-refractivity contribution in [2.75, 3.05) is 19.7 Å². The van der Waals surface area contributed by atoms with Crippen LogP contribution < -0.4 is 5.32 Å². The summed E-state index contributed by atoms with van der Waals surface area (Å²) in [5, 5.41) is 8.10. The lowest BCUT2D eigenvalue weighted by atomic mass is 10.1. The van der Waals surface area contributed by atoms with Crippen LogP contribution in [0, 0.1) is 13.8 Å². The Hall–Kier alpha value is -2.84. The van der Waals surface area contributed by atoms with Crippen LogP contribution >= 0.6 is 23.2 Å². The number of carbonyl (C=O) groups is 3. The van der Waals surface area contributed by atoms with Gasteiger partial charge in [0.25, 0.3) is 5.91 Å². The lowest BCUT2D eigenvalue weighted by molar-refractivity contribution is -0.146. The minimum absolute atomic E-state index is 0.262. The van der Waals surface area contributed by atoms with Gasteiger partial charge in [-0.15, -0.1) is 0 Å². The molecule has 1 aliphatic rings. The molecule has 0 saturated carbocycles. The van der Waals surface area contributed by atoms with E-state index in [4.69, 9.17) is 27.9 Å². The number of halogens is 2. The van der Waals surface area contributed by atoms with E-state index >= 15 is 0 Å². The number of hydrogen-bond donors (Lipinski definition) is 1. The molecule has 2 aromatic rings. The Kier molecular flexibility index (Phi) is 6.79. The van der Waals surface area contributed by atoms with E-state index in [-0.39, 0.29) is 6.54 Å². The van der Waals surface area contributed by atoms with Crippen molar-refractivity contribution in [3.05, 3.63) is 56.8 Å². The van der Waals surface area contributed by atoms with Crippen LogP contribution in [0.1, 0.15) is 22.5 Å². The van der Waals surface area contributed by atoms with Gasteiger partial charge >= 0.3 is 12.0 Å². The zero-order valence-electron chi connectivity index (χ0n) is 16.4. The van der Waals surface area contributed by atoms with E-state index in [1.165, 1.54) is 6.08 Å². The molecule has 1 aromatic carbocycles. The van der Waals surface area contributed by atoms with Gasteiger partial charge < -0.3 is 10.1 Å². The second kappa shape index (κ2) is 9.32. The molecule has 158 valence electrons. The summed E-state index contributed by atoms with van der Waals surface area (Å²) in [7, 11) is 0. The van der Waals surface area contributed by atoms with Gasteiger partial charge in [0.2, 0.25) is 0 Å².